The van der Waals surface area contributed by atoms with Crippen molar-refractivity contribution < 1.29 is 48.6 Å². The topological polar surface area (TPSA) is 237 Å². The molecule has 0 aromatic carbocycles. The Morgan fingerprint density at radius 1 is 0.632 bits per heavy atom. The molecule has 214 valence electrons. The number of nitrogens with one attached hydrogen (secondary N) is 5. The zero-order chi connectivity index (χ0) is 29.7. The standard InChI is InChI=1S/C23H37N5O10/c1-10(2)18(25-13(6)30)23(38)27-15(8-17(33)34)21(36)28-19(11(3)4)22(37)24-12(5)20(35)26-14(9-29)7-16(31)32/h9-12,14-15,18-19H,7-8H2,1-6H3,(H,24,37)(H,25,30)(H,26,35)(H,27,38)(H,28,36)(H,31,32)(H,33,34)/t12-,14-,15+,18-,19-/m0/s1. The van der Waals surface area contributed by atoms with E-state index in [1.165, 1.54) is 13.8 Å². The van der Waals surface area contributed by atoms with Gasteiger partial charge in [-0.05, 0) is 18.8 Å². The van der Waals surface area contributed by atoms with Crippen molar-refractivity contribution in [3.8, 4) is 0 Å². The van der Waals surface area contributed by atoms with Gasteiger partial charge in [-0.3, -0.25) is 33.6 Å². The number of hydrogen-bond donors (Lipinski definition) is 7. The minimum atomic E-state index is -1.59. The largest absolute Gasteiger partial charge is 0.481 e. The van der Waals surface area contributed by atoms with E-state index in [0.29, 0.717) is 0 Å². The summed E-state index contributed by atoms with van der Waals surface area (Å²) >= 11 is 0. The van der Waals surface area contributed by atoms with E-state index < -0.39 is 90.4 Å². The van der Waals surface area contributed by atoms with Crippen LogP contribution in [0, 0.1) is 11.8 Å². The monoisotopic (exact) mass is 543 g/mol. The molecule has 5 amide bonds. The van der Waals surface area contributed by atoms with Gasteiger partial charge in [0.15, 0.2) is 0 Å². The molecule has 0 rings (SSSR count). The van der Waals surface area contributed by atoms with Crippen molar-refractivity contribution in [2.24, 2.45) is 11.8 Å². The van der Waals surface area contributed by atoms with E-state index in [0.717, 1.165) is 0 Å². The van der Waals surface area contributed by atoms with Crippen LogP contribution in [0.5, 0.6) is 0 Å². The molecule has 0 heterocycles. The zero-order valence-electron chi connectivity index (χ0n) is 22.2. The van der Waals surface area contributed by atoms with Crippen LogP contribution in [0.15, 0.2) is 0 Å². The van der Waals surface area contributed by atoms with Crippen molar-refractivity contribution in [1.82, 2.24) is 26.6 Å². The van der Waals surface area contributed by atoms with Crippen molar-refractivity contribution in [1.29, 1.82) is 0 Å². The van der Waals surface area contributed by atoms with Crippen LogP contribution in [0.2, 0.25) is 0 Å². The number of carboxylic acid groups (broad SMARTS) is 2. The third-order valence-corrected chi connectivity index (χ3v) is 5.21. The maximum absolute atomic E-state index is 12.9. The summed E-state index contributed by atoms with van der Waals surface area (Å²) in [6, 6.07) is -6.43. The Bertz CT molecular complexity index is 920. The van der Waals surface area contributed by atoms with Gasteiger partial charge in [-0.15, -0.1) is 0 Å². The van der Waals surface area contributed by atoms with E-state index in [9.17, 15) is 43.5 Å². The smallest absolute Gasteiger partial charge is 0.305 e. The zero-order valence-corrected chi connectivity index (χ0v) is 22.2. The minimum absolute atomic E-state index is 0.240. The van der Waals surface area contributed by atoms with Crippen molar-refractivity contribution in [2.45, 2.75) is 84.6 Å². The highest BCUT2D eigenvalue weighted by Gasteiger charge is 2.33. The summed E-state index contributed by atoms with van der Waals surface area (Å²) < 4.78 is 0. The normalized spacial score (nSPS) is 14.7. The van der Waals surface area contributed by atoms with Crippen LogP contribution in [-0.4, -0.2) is 88.2 Å². The summed E-state index contributed by atoms with van der Waals surface area (Å²) in [5.74, 6) is -7.62. The van der Waals surface area contributed by atoms with Crippen LogP contribution in [0.25, 0.3) is 0 Å². The van der Waals surface area contributed by atoms with E-state index >= 15 is 0 Å². The minimum Gasteiger partial charge on any atom is -0.481 e. The van der Waals surface area contributed by atoms with Gasteiger partial charge in [-0.1, -0.05) is 27.7 Å². The second kappa shape index (κ2) is 15.9. The maximum Gasteiger partial charge on any atom is 0.305 e. The average Bonchev–Trinajstić information content (AvgIpc) is 2.78. The Balaban J connectivity index is 5.55. The number of carboxylic acids is 2. The lowest BCUT2D eigenvalue weighted by atomic mass is 10.0. The van der Waals surface area contributed by atoms with Crippen molar-refractivity contribution in [2.75, 3.05) is 0 Å². The first kappa shape index (κ1) is 34.0. The van der Waals surface area contributed by atoms with Crippen LogP contribution in [0.1, 0.15) is 54.4 Å². The van der Waals surface area contributed by atoms with E-state index in [-0.39, 0.29) is 12.2 Å². The quantitative estimate of drug-likeness (QED) is 0.105. The Kier molecular flexibility index (Phi) is 14.2. The molecule has 0 aromatic heterocycles. The van der Waals surface area contributed by atoms with Crippen LogP contribution < -0.4 is 26.6 Å². The third-order valence-electron chi connectivity index (χ3n) is 5.21. The van der Waals surface area contributed by atoms with Gasteiger partial charge in [0.2, 0.25) is 29.5 Å². The number of carbonyl (C=O) groups excluding carboxylic acids is 6. The second-order valence-corrected chi connectivity index (χ2v) is 9.39. The number of carbonyl (C=O) groups is 8. The van der Waals surface area contributed by atoms with Gasteiger partial charge in [0.05, 0.1) is 18.9 Å². The molecule has 38 heavy (non-hydrogen) atoms. The summed E-state index contributed by atoms with van der Waals surface area (Å²) in [7, 11) is 0. The van der Waals surface area contributed by atoms with Gasteiger partial charge in [0, 0.05) is 6.92 Å². The van der Waals surface area contributed by atoms with Gasteiger partial charge < -0.3 is 41.6 Å². The first-order valence-corrected chi connectivity index (χ1v) is 11.9. The molecule has 15 nitrogen and oxygen atoms in total. The Morgan fingerprint density at radius 3 is 1.53 bits per heavy atom. The Hall–Kier alpha value is -4.04. The molecule has 0 spiro atoms. The summed E-state index contributed by atoms with van der Waals surface area (Å²) in [6.07, 6.45) is -1.23. The molecular formula is C23H37N5O10. The van der Waals surface area contributed by atoms with E-state index in [2.05, 4.69) is 26.6 Å². The number of aliphatic carboxylic acids is 2. The summed E-state index contributed by atoms with van der Waals surface area (Å²) in [5.41, 5.74) is 0. The lowest BCUT2D eigenvalue weighted by Crippen LogP contribution is -2.60. The molecule has 0 unspecified atom stereocenters. The lowest BCUT2D eigenvalue weighted by Gasteiger charge is -2.27. The number of rotatable bonds is 16. The van der Waals surface area contributed by atoms with Crippen molar-refractivity contribution in [3.05, 3.63) is 0 Å². The number of hydrogen-bond acceptors (Lipinski definition) is 8. The molecular weight excluding hydrogens is 506 g/mol. The molecule has 5 atom stereocenters. The summed E-state index contributed by atoms with van der Waals surface area (Å²) in [5, 5.41) is 29.6. The van der Waals surface area contributed by atoms with Crippen LogP contribution in [0.4, 0.5) is 0 Å². The van der Waals surface area contributed by atoms with Crippen LogP contribution in [-0.2, 0) is 38.4 Å². The fraction of sp³-hybridized carbons (Fsp3) is 0.652. The third kappa shape index (κ3) is 12.3. The van der Waals surface area contributed by atoms with E-state index in [1.807, 2.05) is 0 Å². The van der Waals surface area contributed by atoms with Crippen LogP contribution >= 0.6 is 0 Å². The molecule has 0 aliphatic carbocycles. The molecule has 0 saturated carbocycles. The summed E-state index contributed by atoms with van der Waals surface area (Å²) in [6.45, 7) is 8.89. The SMILES string of the molecule is CC(=O)N[C@H](C(=O)N[C@H](CC(=O)O)C(=O)N[C@H](C(=O)N[C@@H](C)C(=O)N[C@H](C=O)CC(=O)O)C(C)C)C(C)C. The Morgan fingerprint density at radius 2 is 1.11 bits per heavy atom. The van der Waals surface area contributed by atoms with Gasteiger partial charge in [0.25, 0.3) is 0 Å². The summed E-state index contributed by atoms with van der Waals surface area (Å²) in [4.78, 5) is 95.3. The predicted octanol–water partition coefficient (Wildman–Crippen LogP) is -2.09. The molecule has 15 heteroatoms. The van der Waals surface area contributed by atoms with Gasteiger partial charge in [-0.25, -0.2) is 0 Å². The van der Waals surface area contributed by atoms with Crippen molar-refractivity contribution in [3.63, 3.8) is 0 Å². The lowest BCUT2D eigenvalue weighted by molar-refractivity contribution is -0.142. The predicted molar refractivity (Wildman–Crippen MR) is 131 cm³/mol. The molecule has 7 N–H and O–H groups in total. The highest BCUT2D eigenvalue weighted by molar-refractivity contribution is 5.97. The second-order valence-electron chi connectivity index (χ2n) is 9.39. The average molecular weight is 544 g/mol. The molecule has 0 aliphatic rings. The number of amides is 5. The Labute approximate surface area is 219 Å². The maximum atomic E-state index is 12.9. The molecule has 0 radical (unpaired) electrons. The van der Waals surface area contributed by atoms with Gasteiger partial charge in [0.1, 0.15) is 30.5 Å². The first-order chi connectivity index (χ1) is 17.5. The molecule has 0 fully saturated rings. The van der Waals surface area contributed by atoms with E-state index in [4.69, 9.17) is 5.11 Å². The van der Waals surface area contributed by atoms with E-state index in [1.54, 1.807) is 27.7 Å². The first-order valence-electron chi connectivity index (χ1n) is 11.9. The molecule has 0 saturated heterocycles. The highest BCUT2D eigenvalue weighted by Crippen LogP contribution is 2.07. The molecule has 0 bridgehead atoms. The molecule has 0 aromatic rings. The number of aldehydes is 1. The highest BCUT2D eigenvalue weighted by atomic mass is 16.4. The molecule has 0 aliphatic heterocycles. The van der Waals surface area contributed by atoms with Gasteiger partial charge >= 0.3 is 11.9 Å². The van der Waals surface area contributed by atoms with Crippen molar-refractivity contribution >= 4 is 47.8 Å². The van der Waals surface area contributed by atoms with Gasteiger partial charge in [-0.2, -0.15) is 0 Å². The fourth-order valence-electron chi connectivity index (χ4n) is 3.19. The fourth-order valence-corrected chi connectivity index (χ4v) is 3.19. The van der Waals surface area contributed by atoms with Crippen LogP contribution in [0.3, 0.4) is 0 Å².